The van der Waals surface area contributed by atoms with E-state index in [9.17, 15) is 4.39 Å². The van der Waals surface area contributed by atoms with Crippen molar-refractivity contribution in [2.24, 2.45) is 5.10 Å². The van der Waals surface area contributed by atoms with Gasteiger partial charge in [-0.1, -0.05) is 0 Å². The Morgan fingerprint density at radius 2 is 1.74 bits per heavy atom. The molecule has 0 aliphatic rings. The van der Waals surface area contributed by atoms with Crippen molar-refractivity contribution >= 4 is 23.2 Å². The van der Waals surface area contributed by atoms with Crippen molar-refractivity contribution in [3.8, 4) is 16.2 Å². The van der Waals surface area contributed by atoms with Crippen LogP contribution in [0.4, 0.5) is 10.1 Å². The Balaban J connectivity index is 1.66. The fraction of sp³-hybridized carbons (Fsp3) is 0.0556. The number of nitrogens with zero attached hydrogens (tertiary/aromatic N) is 1. The predicted octanol–water partition coefficient (Wildman–Crippen LogP) is 5.01. The van der Waals surface area contributed by atoms with Crippen molar-refractivity contribution < 1.29 is 9.13 Å². The number of hydrogen-bond donors (Lipinski definition) is 1. The molecule has 0 fully saturated rings. The van der Waals surface area contributed by atoms with E-state index >= 15 is 0 Å². The van der Waals surface area contributed by atoms with Crippen LogP contribution in [0.5, 0.6) is 5.75 Å². The van der Waals surface area contributed by atoms with Gasteiger partial charge in [0.15, 0.2) is 0 Å². The normalized spacial score (nSPS) is 10.9. The molecule has 3 nitrogen and oxygen atoms in total. The minimum atomic E-state index is -0.262. The van der Waals surface area contributed by atoms with Gasteiger partial charge < -0.3 is 4.74 Å². The molecule has 3 rings (SSSR count). The molecule has 2 aromatic carbocycles. The Labute approximate surface area is 138 Å². The number of ether oxygens (including phenoxy) is 1. The van der Waals surface area contributed by atoms with Crippen LogP contribution < -0.4 is 10.2 Å². The molecule has 5 heteroatoms. The summed E-state index contributed by atoms with van der Waals surface area (Å²) in [5.41, 5.74) is 4.76. The number of anilines is 1. The summed E-state index contributed by atoms with van der Waals surface area (Å²) in [4.78, 5) is 2.20. The summed E-state index contributed by atoms with van der Waals surface area (Å²) < 4.78 is 18.0. The van der Waals surface area contributed by atoms with E-state index in [-0.39, 0.29) is 5.82 Å². The van der Waals surface area contributed by atoms with Gasteiger partial charge in [0.1, 0.15) is 11.6 Å². The topological polar surface area (TPSA) is 33.6 Å². The fourth-order valence-corrected chi connectivity index (χ4v) is 2.91. The number of rotatable bonds is 5. The van der Waals surface area contributed by atoms with Crippen LogP contribution in [-0.2, 0) is 0 Å². The molecule has 1 heterocycles. The lowest BCUT2D eigenvalue weighted by Crippen LogP contribution is -1.89. The van der Waals surface area contributed by atoms with E-state index < -0.39 is 0 Å². The number of hydrogen-bond acceptors (Lipinski definition) is 4. The highest BCUT2D eigenvalue weighted by atomic mass is 32.1. The van der Waals surface area contributed by atoms with Gasteiger partial charge >= 0.3 is 0 Å². The number of benzene rings is 2. The quantitative estimate of drug-likeness (QED) is 0.528. The number of hydrazone groups is 1. The predicted molar refractivity (Wildman–Crippen MR) is 93.9 cm³/mol. The summed E-state index contributed by atoms with van der Waals surface area (Å²) in [5, 5.41) is 4.17. The zero-order valence-electron chi connectivity index (χ0n) is 12.5. The molecule has 116 valence electrons. The lowest BCUT2D eigenvalue weighted by Gasteiger charge is -2.00. The molecule has 0 saturated carbocycles. The Bertz CT molecular complexity index is 795. The second-order valence-corrected chi connectivity index (χ2v) is 5.92. The largest absolute Gasteiger partial charge is 0.497 e. The maximum absolute atomic E-state index is 12.8. The first-order valence-corrected chi connectivity index (χ1v) is 7.85. The lowest BCUT2D eigenvalue weighted by molar-refractivity contribution is 0.415. The molecule has 0 spiro atoms. The van der Waals surface area contributed by atoms with Crippen molar-refractivity contribution in [2.45, 2.75) is 0 Å². The standard InChI is InChI=1S/C18H15FN2OS/c1-22-16-8-2-13(3-9-16)18-11-10-17(23-18)12-20-21-15-6-4-14(19)5-7-15/h2-12,21H,1H3/b20-12+. The summed E-state index contributed by atoms with van der Waals surface area (Å²) in [5.74, 6) is 0.581. The van der Waals surface area contributed by atoms with Crippen LogP contribution in [-0.4, -0.2) is 13.3 Å². The van der Waals surface area contributed by atoms with Crippen molar-refractivity contribution in [1.82, 2.24) is 0 Å². The molecule has 0 aliphatic heterocycles. The van der Waals surface area contributed by atoms with Crippen molar-refractivity contribution in [3.63, 3.8) is 0 Å². The molecule has 0 amide bonds. The van der Waals surface area contributed by atoms with Crippen LogP contribution in [0.2, 0.25) is 0 Å². The lowest BCUT2D eigenvalue weighted by atomic mass is 10.2. The van der Waals surface area contributed by atoms with Gasteiger partial charge in [0.05, 0.1) is 19.0 Å². The maximum Gasteiger partial charge on any atom is 0.123 e. The van der Waals surface area contributed by atoms with E-state index in [0.29, 0.717) is 0 Å². The first-order valence-electron chi connectivity index (χ1n) is 7.03. The summed E-state index contributed by atoms with van der Waals surface area (Å²) in [7, 11) is 1.66. The van der Waals surface area contributed by atoms with Crippen LogP contribution in [0.15, 0.2) is 65.8 Å². The number of methoxy groups -OCH3 is 1. The molecule has 0 saturated heterocycles. The van der Waals surface area contributed by atoms with Gasteiger partial charge in [0, 0.05) is 9.75 Å². The van der Waals surface area contributed by atoms with Crippen LogP contribution in [0.1, 0.15) is 4.88 Å². The summed E-state index contributed by atoms with van der Waals surface area (Å²) >= 11 is 1.65. The number of nitrogens with one attached hydrogen (secondary N) is 1. The van der Waals surface area contributed by atoms with Crippen molar-refractivity contribution in [3.05, 3.63) is 71.4 Å². The monoisotopic (exact) mass is 326 g/mol. The third kappa shape index (κ3) is 3.96. The highest BCUT2D eigenvalue weighted by Crippen LogP contribution is 2.28. The van der Waals surface area contributed by atoms with Gasteiger partial charge in [-0.15, -0.1) is 11.3 Å². The zero-order valence-corrected chi connectivity index (χ0v) is 13.3. The average Bonchev–Trinajstić information content (AvgIpc) is 3.06. The summed E-state index contributed by atoms with van der Waals surface area (Å²) in [6.07, 6.45) is 1.75. The SMILES string of the molecule is COc1ccc(-c2ccc(/C=N/Nc3ccc(F)cc3)s2)cc1. The molecule has 1 aromatic heterocycles. The molecule has 0 atom stereocenters. The first kappa shape index (κ1) is 15.2. The van der Waals surface area contributed by atoms with Crippen molar-refractivity contribution in [2.75, 3.05) is 12.5 Å². The third-order valence-corrected chi connectivity index (χ3v) is 4.30. The van der Waals surface area contributed by atoms with E-state index in [2.05, 4.69) is 16.6 Å². The van der Waals surface area contributed by atoms with Crippen LogP contribution >= 0.6 is 11.3 Å². The molecule has 0 unspecified atom stereocenters. The van der Waals surface area contributed by atoms with Gasteiger partial charge in [-0.05, 0) is 66.2 Å². The zero-order chi connectivity index (χ0) is 16.1. The summed E-state index contributed by atoms with van der Waals surface area (Å²) in [6.45, 7) is 0. The average molecular weight is 326 g/mol. The minimum Gasteiger partial charge on any atom is -0.497 e. The van der Waals surface area contributed by atoms with E-state index in [1.165, 1.54) is 12.1 Å². The van der Waals surface area contributed by atoms with E-state index in [1.54, 1.807) is 36.8 Å². The second kappa shape index (κ2) is 7.07. The highest BCUT2D eigenvalue weighted by molar-refractivity contribution is 7.17. The van der Waals surface area contributed by atoms with Crippen LogP contribution in [0.3, 0.4) is 0 Å². The Morgan fingerprint density at radius 3 is 2.43 bits per heavy atom. The maximum atomic E-state index is 12.8. The molecular weight excluding hydrogens is 311 g/mol. The van der Waals surface area contributed by atoms with Gasteiger partial charge in [-0.3, -0.25) is 5.43 Å². The minimum absolute atomic E-state index is 0.262. The fourth-order valence-electron chi connectivity index (χ4n) is 2.03. The molecule has 0 radical (unpaired) electrons. The molecule has 23 heavy (non-hydrogen) atoms. The summed E-state index contributed by atoms with van der Waals surface area (Å²) in [6, 6.07) is 18.1. The van der Waals surface area contributed by atoms with E-state index in [1.807, 2.05) is 30.3 Å². The van der Waals surface area contributed by atoms with Gasteiger partial charge in [0.25, 0.3) is 0 Å². The first-order chi connectivity index (χ1) is 11.2. The third-order valence-electron chi connectivity index (χ3n) is 3.23. The highest BCUT2D eigenvalue weighted by Gasteiger charge is 2.02. The Hall–Kier alpha value is -2.66. The second-order valence-electron chi connectivity index (χ2n) is 4.81. The van der Waals surface area contributed by atoms with E-state index in [0.717, 1.165) is 26.8 Å². The van der Waals surface area contributed by atoms with Gasteiger partial charge in [-0.2, -0.15) is 5.10 Å². The molecule has 0 bridgehead atoms. The van der Waals surface area contributed by atoms with E-state index in [4.69, 9.17) is 4.74 Å². The van der Waals surface area contributed by atoms with Crippen molar-refractivity contribution in [1.29, 1.82) is 0 Å². The number of thiophene rings is 1. The molecule has 1 N–H and O–H groups in total. The van der Waals surface area contributed by atoms with Crippen LogP contribution in [0.25, 0.3) is 10.4 Å². The Morgan fingerprint density at radius 1 is 1.00 bits per heavy atom. The van der Waals surface area contributed by atoms with Crippen LogP contribution in [0, 0.1) is 5.82 Å². The molecule has 0 aliphatic carbocycles. The molecular formula is C18H15FN2OS. The van der Waals surface area contributed by atoms with Gasteiger partial charge in [0.2, 0.25) is 0 Å². The van der Waals surface area contributed by atoms with Gasteiger partial charge in [-0.25, -0.2) is 4.39 Å². The smallest absolute Gasteiger partial charge is 0.123 e. The Kier molecular flexibility index (Phi) is 4.68. The molecule has 3 aromatic rings. The number of halogens is 1.